The molecule has 4 heterocycles. The standard InChI is InChI=1S/C23H28N2O5/c26-23(10-16-5-8-27-9-6-16)25-12-21-22(13-25)29-15-18(14-28-21)30-20-3-1-2-17-11-24-7-4-19(17)20/h1-4,7,11,16,18,21-22H,5-6,8-10,12-15H2/t21-,22-/m0/s1. The van der Waals surface area contributed by atoms with E-state index in [1.807, 2.05) is 35.4 Å². The van der Waals surface area contributed by atoms with Gasteiger partial charge in [0.2, 0.25) is 5.91 Å². The van der Waals surface area contributed by atoms with Gasteiger partial charge in [0.15, 0.2) is 0 Å². The Bertz CT molecular complexity index is 864. The second kappa shape index (κ2) is 8.88. The Morgan fingerprint density at radius 2 is 1.87 bits per heavy atom. The molecule has 0 N–H and O–H groups in total. The minimum atomic E-state index is -0.180. The van der Waals surface area contributed by atoms with Crippen molar-refractivity contribution in [1.82, 2.24) is 9.88 Å². The number of carbonyl (C=O) groups is 1. The first-order valence-electron chi connectivity index (χ1n) is 10.8. The molecule has 0 aliphatic carbocycles. The molecule has 30 heavy (non-hydrogen) atoms. The molecule has 3 aliphatic rings. The molecule has 3 saturated heterocycles. The van der Waals surface area contributed by atoms with Crippen molar-refractivity contribution in [3.63, 3.8) is 0 Å². The molecular formula is C23H28N2O5. The fourth-order valence-corrected chi connectivity index (χ4v) is 4.55. The summed E-state index contributed by atoms with van der Waals surface area (Å²) in [4.78, 5) is 18.8. The topological polar surface area (TPSA) is 70.1 Å². The number of ether oxygens (including phenoxy) is 4. The van der Waals surface area contributed by atoms with Gasteiger partial charge in [-0.15, -0.1) is 0 Å². The van der Waals surface area contributed by atoms with Crippen molar-refractivity contribution in [3.05, 3.63) is 36.7 Å². The molecule has 1 aromatic carbocycles. The first-order valence-corrected chi connectivity index (χ1v) is 10.8. The lowest BCUT2D eigenvalue weighted by atomic mass is 9.96. The quantitative estimate of drug-likeness (QED) is 0.768. The van der Waals surface area contributed by atoms with E-state index in [0.29, 0.717) is 38.6 Å². The minimum Gasteiger partial charge on any atom is -0.485 e. The van der Waals surface area contributed by atoms with Crippen molar-refractivity contribution in [2.75, 3.05) is 39.5 Å². The highest BCUT2D eigenvalue weighted by molar-refractivity contribution is 5.87. The first kappa shape index (κ1) is 19.7. The predicted octanol–water partition coefficient (Wildman–Crippen LogP) is 2.43. The average molecular weight is 412 g/mol. The van der Waals surface area contributed by atoms with Crippen LogP contribution in [0.5, 0.6) is 5.75 Å². The van der Waals surface area contributed by atoms with Crippen LogP contribution in [0.15, 0.2) is 36.7 Å². The van der Waals surface area contributed by atoms with E-state index in [-0.39, 0.29) is 24.2 Å². The minimum absolute atomic E-state index is 0.0889. The van der Waals surface area contributed by atoms with Gasteiger partial charge in [-0.2, -0.15) is 0 Å². The summed E-state index contributed by atoms with van der Waals surface area (Å²) in [5, 5.41) is 2.07. The lowest BCUT2D eigenvalue weighted by Gasteiger charge is -2.24. The van der Waals surface area contributed by atoms with E-state index in [2.05, 4.69) is 4.98 Å². The third-order valence-corrected chi connectivity index (χ3v) is 6.30. The molecule has 2 atom stereocenters. The molecule has 0 bridgehead atoms. The highest BCUT2D eigenvalue weighted by atomic mass is 16.6. The predicted molar refractivity (Wildman–Crippen MR) is 110 cm³/mol. The Morgan fingerprint density at radius 1 is 1.10 bits per heavy atom. The van der Waals surface area contributed by atoms with Crippen LogP contribution in [0.25, 0.3) is 10.8 Å². The van der Waals surface area contributed by atoms with Crippen LogP contribution in [0.2, 0.25) is 0 Å². The highest BCUT2D eigenvalue weighted by Crippen LogP contribution is 2.28. The van der Waals surface area contributed by atoms with E-state index in [0.717, 1.165) is 42.6 Å². The Labute approximate surface area is 176 Å². The van der Waals surface area contributed by atoms with Gasteiger partial charge in [-0.05, 0) is 30.9 Å². The summed E-state index contributed by atoms with van der Waals surface area (Å²) in [6, 6.07) is 7.91. The largest absolute Gasteiger partial charge is 0.485 e. The van der Waals surface area contributed by atoms with Crippen LogP contribution < -0.4 is 4.74 Å². The highest BCUT2D eigenvalue weighted by Gasteiger charge is 2.40. The van der Waals surface area contributed by atoms with Gasteiger partial charge in [0.25, 0.3) is 0 Å². The van der Waals surface area contributed by atoms with E-state index in [1.54, 1.807) is 6.20 Å². The molecule has 0 saturated carbocycles. The van der Waals surface area contributed by atoms with Gasteiger partial charge in [0.1, 0.15) is 24.1 Å². The fourth-order valence-electron chi connectivity index (χ4n) is 4.55. The van der Waals surface area contributed by atoms with Gasteiger partial charge >= 0.3 is 0 Å². The number of aromatic nitrogens is 1. The summed E-state index contributed by atoms with van der Waals surface area (Å²) in [5.41, 5.74) is 0. The number of rotatable bonds is 4. The van der Waals surface area contributed by atoms with Gasteiger partial charge < -0.3 is 23.8 Å². The summed E-state index contributed by atoms with van der Waals surface area (Å²) >= 11 is 0. The summed E-state index contributed by atoms with van der Waals surface area (Å²) in [6.45, 7) is 3.63. The van der Waals surface area contributed by atoms with Crippen LogP contribution in [0.4, 0.5) is 0 Å². The van der Waals surface area contributed by atoms with Crippen LogP contribution in [-0.4, -0.2) is 73.6 Å². The number of carbonyl (C=O) groups excluding carboxylic acids is 1. The number of fused-ring (bicyclic) bond motifs is 2. The number of likely N-dealkylation sites (tertiary alicyclic amines) is 1. The van der Waals surface area contributed by atoms with Gasteiger partial charge in [0, 0.05) is 55.9 Å². The van der Waals surface area contributed by atoms with Gasteiger partial charge in [-0.25, -0.2) is 0 Å². The van der Waals surface area contributed by atoms with Crippen LogP contribution >= 0.6 is 0 Å². The average Bonchev–Trinajstić information content (AvgIpc) is 3.11. The number of nitrogens with zero attached hydrogens (tertiary/aromatic N) is 2. The Morgan fingerprint density at radius 3 is 2.63 bits per heavy atom. The summed E-state index contributed by atoms with van der Waals surface area (Å²) in [5.74, 6) is 1.46. The number of benzene rings is 1. The Balaban J connectivity index is 1.16. The maximum atomic E-state index is 12.7. The second-order valence-electron chi connectivity index (χ2n) is 8.39. The normalized spacial score (nSPS) is 25.8. The SMILES string of the molecule is O=C(CC1CCOCC1)N1C[C@@H]2OCC(Oc3cccc4cnccc34)CO[C@H]2C1. The molecule has 7 nitrogen and oxygen atoms in total. The lowest BCUT2D eigenvalue weighted by Crippen LogP contribution is -2.34. The van der Waals surface area contributed by atoms with Crippen LogP contribution in [0.3, 0.4) is 0 Å². The molecule has 1 amide bonds. The summed E-state index contributed by atoms with van der Waals surface area (Å²) in [7, 11) is 0. The van der Waals surface area contributed by atoms with Gasteiger partial charge in [0.05, 0.1) is 13.2 Å². The van der Waals surface area contributed by atoms with Gasteiger partial charge in [-0.1, -0.05) is 12.1 Å². The summed E-state index contributed by atoms with van der Waals surface area (Å²) < 4.78 is 23.8. The van der Waals surface area contributed by atoms with Crippen molar-refractivity contribution < 1.29 is 23.7 Å². The van der Waals surface area contributed by atoms with Gasteiger partial charge in [-0.3, -0.25) is 9.78 Å². The van der Waals surface area contributed by atoms with Crippen molar-refractivity contribution >= 4 is 16.7 Å². The molecule has 160 valence electrons. The smallest absolute Gasteiger partial charge is 0.223 e. The van der Waals surface area contributed by atoms with Crippen LogP contribution in [0, 0.1) is 5.92 Å². The molecule has 1 aromatic heterocycles. The third-order valence-electron chi connectivity index (χ3n) is 6.30. The van der Waals surface area contributed by atoms with E-state index >= 15 is 0 Å². The van der Waals surface area contributed by atoms with E-state index < -0.39 is 0 Å². The molecule has 0 radical (unpaired) electrons. The molecular weight excluding hydrogens is 384 g/mol. The lowest BCUT2D eigenvalue weighted by molar-refractivity contribution is -0.132. The number of hydrogen-bond acceptors (Lipinski definition) is 6. The zero-order chi connectivity index (χ0) is 20.3. The Hall–Kier alpha value is -2.22. The monoisotopic (exact) mass is 412 g/mol. The van der Waals surface area contributed by atoms with E-state index in [1.165, 1.54) is 0 Å². The zero-order valence-electron chi connectivity index (χ0n) is 17.1. The van der Waals surface area contributed by atoms with Crippen LogP contribution in [-0.2, 0) is 19.0 Å². The zero-order valence-corrected chi connectivity index (χ0v) is 17.1. The molecule has 5 rings (SSSR count). The number of pyridine rings is 1. The Kier molecular flexibility index (Phi) is 5.84. The number of amides is 1. The molecule has 7 heteroatoms. The molecule has 3 fully saturated rings. The van der Waals surface area contributed by atoms with Crippen molar-refractivity contribution in [3.8, 4) is 5.75 Å². The van der Waals surface area contributed by atoms with Crippen molar-refractivity contribution in [1.29, 1.82) is 0 Å². The maximum Gasteiger partial charge on any atom is 0.223 e. The molecule has 3 aliphatic heterocycles. The van der Waals surface area contributed by atoms with E-state index in [4.69, 9.17) is 18.9 Å². The van der Waals surface area contributed by atoms with Crippen molar-refractivity contribution in [2.45, 2.75) is 37.6 Å². The fraction of sp³-hybridized carbons (Fsp3) is 0.565. The molecule has 0 unspecified atom stereocenters. The second-order valence-corrected chi connectivity index (χ2v) is 8.39. The molecule has 2 aromatic rings. The van der Waals surface area contributed by atoms with Crippen LogP contribution in [0.1, 0.15) is 19.3 Å². The molecule has 0 spiro atoms. The third kappa shape index (κ3) is 4.29. The van der Waals surface area contributed by atoms with Crippen molar-refractivity contribution in [2.24, 2.45) is 5.92 Å². The van der Waals surface area contributed by atoms with E-state index in [9.17, 15) is 4.79 Å². The maximum absolute atomic E-state index is 12.7. The summed E-state index contributed by atoms with van der Waals surface area (Å²) in [6.07, 6.45) is 5.80. The first-order chi connectivity index (χ1) is 14.8. The number of hydrogen-bond donors (Lipinski definition) is 0.